The van der Waals surface area contributed by atoms with E-state index in [4.69, 9.17) is 4.74 Å². The number of esters is 1. The topological polar surface area (TPSA) is 105 Å². The molecule has 1 aromatic carbocycles. The molecule has 4 amide bonds. The lowest BCUT2D eigenvalue weighted by atomic mass is 9.87. The maximum Gasteiger partial charge on any atom is 0.326 e. The summed E-state index contributed by atoms with van der Waals surface area (Å²) in [6, 6.07) is 6.79. The van der Waals surface area contributed by atoms with Gasteiger partial charge in [0.05, 0.1) is 0 Å². The highest BCUT2D eigenvalue weighted by Crippen LogP contribution is 2.25. The Morgan fingerprint density at radius 2 is 1.77 bits per heavy atom. The molecule has 8 heteroatoms. The zero-order valence-electron chi connectivity index (χ0n) is 19.2. The van der Waals surface area contributed by atoms with E-state index in [1.165, 1.54) is 0 Å². The maximum atomic E-state index is 12.6. The van der Waals surface area contributed by atoms with Gasteiger partial charge in [-0.1, -0.05) is 46.8 Å². The minimum Gasteiger partial charge on any atom is -0.454 e. The van der Waals surface area contributed by atoms with E-state index in [2.05, 4.69) is 31.4 Å². The van der Waals surface area contributed by atoms with E-state index in [1.807, 2.05) is 26.0 Å². The second-order valence-electron chi connectivity index (χ2n) is 9.62. The van der Waals surface area contributed by atoms with E-state index in [0.29, 0.717) is 18.0 Å². The molecule has 1 aromatic rings. The highest BCUT2D eigenvalue weighted by Gasteiger charge is 2.48. The van der Waals surface area contributed by atoms with Crippen LogP contribution in [-0.2, 0) is 24.5 Å². The van der Waals surface area contributed by atoms with Crippen LogP contribution in [0.5, 0.6) is 0 Å². The first kappa shape index (κ1) is 24.4. The quantitative estimate of drug-likeness (QED) is 0.486. The molecule has 0 aliphatic carbocycles. The Morgan fingerprint density at radius 1 is 1.16 bits per heavy atom. The SMILES string of the molecule is CC(C)CC[C@@]1(C)NC(=O)N(CC(=O)OCC(=O)Nc2ccc(C(C)(C)C)cc2)C1=O. The zero-order valence-corrected chi connectivity index (χ0v) is 19.2. The molecule has 1 saturated heterocycles. The van der Waals surface area contributed by atoms with Crippen molar-refractivity contribution in [3.8, 4) is 0 Å². The fourth-order valence-corrected chi connectivity index (χ4v) is 3.21. The lowest BCUT2D eigenvalue weighted by Crippen LogP contribution is -2.44. The molecule has 0 spiro atoms. The van der Waals surface area contributed by atoms with Crippen LogP contribution in [-0.4, -0.2) is 47.4 Å². The van der Waals surface area contributed by atoms with Crippen LogP contribution in [0, 0.1) is 5.92 Å². The first-order chi connectivity index (χ1) is 14.3. The molecule has 31 heavy (non-hydrogen) atoms. The van der Waals surface area contributed by atoms with E-state index < -0.39 is 42.5 Å². The van der Waals surface area contributed by atoms with E-state index in [-0.39, 0.29) is 5.41 Å². The molecule has 1 aliphatic heterocycles. The molecule has 0 unspecified atom stereocenters. The molecular weight excluding hydrogens is 398 g/mol. The summed E-state index contributed by atoms with van der Waals surface area (Å²) < 4.78 is 4.95. The van der Waals surface area contributed by atoms with Gasteiger partial charge in [-0.15, -0.1) is 0 Å². The van der Waals surface area contributed by atoms with Crippen molar-refractivity contribution in [2.24, 2.45) is 5.92 Å². The van der Waals surface area contributed by atoms with Crippen LogP contribution in [0.15, 0.2) is 24.3 Å². The molecule has 0 aromatic heterocycles. The van der Waals surface area contributed by atoms with E-state index >= 15 is 0 Å². The van der Waals surface area contributed by atoms with Gasteiger partial charge < -0.3 is 15.4 Å². The normalized spacial score (nSPS) is 18.9. The van der Waals surface area contributed by atoms with Crippen molar-refractivity contribution in [3.63, 3.8) is 0 Å². The average molecular weight is 432 g/mol. The third kappa shape index (κ3) is 6.54. The average Bonchev–Trinajstić information content (AvgIpc) is 2.88. The lowest BCUT2D eigenvalue weighted by molar-refractivity contribution is -0.150. The number of anilines is 1. The second kappa shape index (κ2) is 9.49. The van der Waals surface area contributed by atoms with Gasteiger partial charge in [-0.05, 0) is 48.8 Å². The van der Waals surface area contributed by atoms with E-state index in [9.17, 15) is 19.2 Å². The second-order valence-corrected chi connectivity index (χ2v) is 9.62. The largest absolute Gasteiger partial charge is 0.454 e. The fraction of sp³-hybridized carbons (Fsp3) is 0.565. The minimum atomic E-state index is -1.03. The Bertz CT molecular complexity index is 842. The monoisotopic (exact) mass is 431 g/mol. The van der Waals surface area contributed by atoms with Crippen LogP contribution in [0.3, 0.4) is 0 Å². The van der Waals surface area contributed by atoms with E-state index in [0.717, 1.165) is 16.9 Å². The summed E-state index contributed by atoms with van der Waals surface area (Å²) in [6.07, 6.45) is 1.24. The summed E-state index contributed by atoms with van der Waals surface area (Å²) in [7, 11) is 0. The highest BCUT2D eigenvalue weighted by molar-refractivity contribution is 6.08. The number of hydrogen-bond acceptors (Lipinski definition) is 5. The highest BCUT2D eigenvalue weighted by atomic mass is 16.5. The maximum absolute atomic E-state index is 12.6. The summed E-state index contributed by atoms with van der Waals surface area (Å²) >= 11 is 0. The Morgan fingerprint density at radius 3 is 2.32 bits per heavy atom. The van der Waals surface area contributed by atoms with Gasteiger partial charge in [-0.3, -0.25) is 19.3 Å². The number of nitrogens with one attached hydrogen (secondary N) is 2. The Balaban J connectivity index is 1.84. The first-order valence-electron chi connectivity index (χ1n) is 10.5. The third-order valence-corrected chi connectivity index (χ3v) is 5.25. The van der Waals surface area contributed by atoms with Crippen LogP contribution < -0.4 is 10.6 Å². The number of urea groups is 1. The van der Waals surface area contributed by atoms with Gasteiger partial charge in [0.1, 0.15) is 12.1 Å². The van der Waals surface area contributed by atoms with Gasteiger partial charge >= 0.3 is 12.0 Å². The molecule has 1 aliphatic rings. The van der Waals surface area contributed by atoms with Gasteiger partial charge in [0.15, 0.2) is 6.61 Å². The molecular formula is C23H33N3O5. The van der Waals surface area contributed by atoms with Crippen LogP contribution >= 0.6 is 0 Å². The number of imide groups is 1. The van der Waals surface area contributed by atoms with Crippen molar-refractivity contribution in [3.05, 3.63) is 29.8 Å². The van der Waals surface area contributed by atoms with Gasteiger partial charge in [0.2, 0.25) is 0 Å². The number of rotatable bonds is 8. The van der Waals surface area contributed by atoms with Crippen LogP contribution in [0.2, 0.25) is 0 Å². The molecule has 0 saturated carbocycles. The molecule has 2 N–H and O–H groups in total. The Kier molecular flexibility index (Phi) is 7.46. The standard InChI is InChI=1S/C23H33N3O5/c1-15(2)11-12-23(6)20(29)26(21(30)25-23)13-19(28)31-14-18(27)24-17-9-7-16(8-10-17)22(3,4)5/h7-10,15H,11-14H2,1-6H3,(H,24,27)(H,25,30)/t23-/m1/s1. The number of hydrogen-bond donors (Lipinski definition) is 2. The van der Waals surface area contributed by atoms with Crippen molar-refractivity contribution in [2.75, 3.05) is 18.5 Å². The van der Waals surface area contributed by atoms with Gasteiger partial charge in [0.25, 0.3) is 11.8 Å². The van der Waals surface area contributed by atoms with Crippen LogP contribution in [0.1, 0.15) is 59.9 Å². The van der Waals surface area contributed by atoms with E-state index in [1.54, 1.807) is 19.1 Å². The van der Waals surface area contributed by atoms with Crippen LogP contribution in [0.25, 0.3) is 0 Å². The fourth-order valence-electron chi connectivity index (χ4n) is 3.21. The number of benzene rings is 1. The number of ether oxygens (including phenoxy) is 1. The molecule has 0 bridgehead atoms. The first-order valence-corrected chi connectivity index (χ1v) is 10.5. The number of carbonyl (C=O) groups excluding carboxylic acids is 4. The van der Waals surface area contributed by atoms with Gasteiger partial charge in [-0.25, -0.2) is 4.79 Å². The summed E-state index contributed by atoms with van der Waals surface area (Å²) in [6.45, 7) is 11.0. The van der Waals surface area contributed by atoms with Gasteiger partial charge in [0, 0.05) is 5.69 Å². The van der Waals surface area contributed by atoms with Crippen LogP contribution in [0.4, 0.5) is 10.5 Å². The molecule has 2 rings (SSSR count). The molecule has 0 radical (unpaired) electrons. The third-order valence-electron chi connectivity index (χ3n) is 5.25. The molecule has 1 fully saturated rings. The van der Waals surface area contributed by atoms with Gasteiger partial charge in [-0.2, -0.15) is 0 Å². The summed E-state index contributed by atoms with van der Waals surface area (Å²) in [4.78, 5) is 49.8. The molecule has 1 atom stereocenters. The van der Waals surface area contributed by atoms with Crippen molar-refractivity contribution in [1.82, 2.24) is 10.2 Å². The minimum absolute atomic E-state index is 0.00221. The Hall–Kier alpha value is -2.90. The van der Waals surface area contributed by atoms with Crippen molar-refractivity contribution in [1.29, 1.82) is 0 Å². The Labute approximate surface area is 183 Å². The van der Waals surface area contributed by atoms with Crippen molar-refractivity contribution < 1.29 is 23.9 Å². The zero-order chi connectivity index (χ0) is 23.4. The molecule has 1 heterocycles. The van der Waals surface area contributed by atoms with Crippen molar-refractivity contribution in [2.45, 2.75) is 65.3 Å². The summed E-state index contributed by atoms with van der Waals surface area (Å²) in [5, 5.41) is 5.31. The molecule has 170 valence electrons. The number of carbonyl (C=O) groups is 4. The number of amides is 4. The van der Waals surface area contributed by atoms with Crippen molar-refractivity contribution >= 4 is 29.5 Å². The lowest BCUT2D eigenvalue weighted by Gasteiger charge is -2.22. The molecule has 8 nitrogen and oxygen atoms in total. The summed E-state index contributed by atoms with van der Waals surface area (Å²) in [5.74, 6) is -1.41. The summed E-state index contributed by atoms with van der Waals surface area (Å²) in [5.41, 5.74) is 0.690. The number of nitrogens with zero attached hydrogens (tertiary/aromatic N) is 1. The smallest absolute Gasteiger partial charge is 0.326 e. The predicted molar refractivity (Wildman–Crippen MR) is 117 cm³/mol. The predicted octanol–water partition coefficient (Wildman–Crippen LogP) is 3.21.